The van der Waals surface area contributed by atoms with Crippen molar-refractivity contribution in [2.24, 2.45) is 5.84 Å². The van der Waals surface area contributed by atoms with Crippen molar-refractivity contribution in [2.45, 2.75) is 19.8 Å². The highest BCUT2D eigenvalue weighted by molar-refractivity contribution is 5.41. The van der Waals surface area contributed by atoms with Crippen molar-refractivity contribution < 1.29 is 9.66 Å². The summed E-state index contributed by atoms with van der Waals surface area (Å²) in [6.07, 6.45) is 1.59. The molecule has 8 heteroatoms. The third kappa shape index (κ3) is 3.86. The average Bonchev–Trinajstić information content (AvgIpc) is 2.48. The molecule has 0 bridgehead atoms. The SMILES string of the molecule is CCCc1nc(NN)cc(Oc2ccc([N+](=O)[O-])cc2)n1. The molecule has 110 valence electrons. The number of hydrogen-bond acceptors (Lipinski definition) is 7. The van der Waals surface area contributed by atoms with E-state index in [0.717, 1.165) is 6.42 Å². The molecule has 0 aliphatic heterocycles. The molecular formula is C13H15N5O3. The minimum absolute atomic E-state index is 0.000948. The third-order valence-corrected chi connectivity index (χ3v) is 2.64. The van der Waals surface area contributed by atoms with Gasteiger partial charge in [-0.15, -0.1) is 0 Å². The number of nitrogens with zero attached hydrogens (tertiary/aromatic N) is 3. The first-order chi connectivity index (χ1) is 10.1. The van der Waals surface area contributed by atoms with E-state index in [0.29, 0.717) is 29.7 Å². The third-order valence-electron chi connectivity index (χ3n) is 2.64. The van der Waals surface area contributed by atoms with Crippen LogP contribution >= 0.6 is 0 Å². The topological polar surface area (TPSA) is 116 Å². The zero-order chi connectivity index (χ0) is 15.2. The number of aryl methyl sites for hydroxylation is 1. The quantitative estimate of drug-likeness (QED) is 0.476. The van der Waals surface area contributed by atoms with Crippen molar-refractivity contribution in [1.82, 2.24) is 9.97 Å². The Morgan fingerprint density at radius 2 is 2.05 bits per heavy atom. The largest absolute Gasteiger partial charge is 0.439 e. The van der Waals surface area contributed by atoms with E-state index >= 15 is 0 Å². The fourth-order valence-electron chi connectivity index (χ4n) is 1.69. The van der Waals surface area contributed by atoms with Crippen LogP contribution < -0.4 is 16.0 Å². The van der Waals surface area contributed by atoms with Gasteiger partial charge in [-0.25, -0.2) is 10.8 Å². The molecule has 1 aromatic carbocycles. The van der Waals surface area contributed by atoms with Crippen LogP contribution in [0, 0.1) is 10.1 Å². The number of nitrogens with one attached hydrogen (secondary N) is 1. The van der Waals surface area contributed by atoms with Crippen molar-refractivity contribution in [1.29, 1.82) is 0 Å². The normalized spacial score (nSPS) is 10.2. The van der Waals surface area contributed by atoms with E-state index in [1.165, 1.54) is 24.3 Å². The molecule has 1 aromatic heterocycles. The van der Waals surface area contributed by atoms with Crippen LogP contribution in [0.4, 0.5) is 11.5 Å². The van der Waals surface area contributed by atoms with Gasteiger partial charge >= 0.3 is 0 Å². The fraction of sp³-hybridized carbons (Fsp3) is 0.231. The molecule has 0 aliphatic carbocycles. The molecule has 0 unspecified atom stereocenters. The number of nitro groups is 1. The van der Waals surface area contributed by atoms with E-state index in [4.69, 9.17) is 10.6 Å². The zero-order valence-corrected chi connectivity index (χ0v) is 11.4. The number of non-ortho nitro benzene ring substituents is 1. The highest BCUT2D eigenvalue weighted by Gasteiger charge is 2.08. The first-order valence-electron chi connectivity index (χ1n) is 6.39. The average molecular weight is 289 g/mol. The van der Waals surface area contributed by atoms with Gasteiger partial charge in [0.1, 0.15) is 17.4 Å². The Balaban J connectivity index is 2.21. The van der Waals surface area contributed by atoms with Crippen molar-refractivity contribution >= 4 is 11.5 Å². The van der Waals surface area contributed by atoms with Crippen LogP contribution in [0.15, 0.2) is 30.3 Å². The molecule has 0 amide bonds. The molecule has 0 fully saturated rings. The zero-order valence-electron chi connectivity index (χ0n) is 11.4. The second-order valence-electron chi connectivity index (χ2n) is 4.26. The summed E-state index contributed by atoms with van der Waals surface area (Å²) < 4.78 is 5.57. The molecule has 0 radical (unpaired) electrons. The van der Waals surface area contributed by atoms with Crippen LogP contribution in [-0.2, 0) is 6.42 Å². The molecule has 2 rings (SSSR count). The van der Waals surface area contributed by atoms with Crippen molar-refractivity contribution in [3.63, 3.8) is 0 Å². The Kier molecular flexibility index (Phi) is 4.62. The molecule has 0 aliphatic rings. The number of rotatable bonds is 6. The van der Waals surface area contributed by atoms with Crippen LogP contribution in [0.1, 0.15) is 19.2 Å². The van der Waals surface area contributed by atoms with Gasteiger partial charge in [0, 0.05) is 24.6 Å². The van der Waals surface area contributed by atoms with Gasteiger partial charge in [0.2, 0.25) is 5.88 Å². The number of ether oxygens (including phenoxy) is 1. The van der Waals surface area contributed by atoms with Gasteiger partial charge in [0.15, 0.2) is 0 Å². The molecule has 0 spiro atoms. The van der Waals surface area contributed by atoms with Gasteiger partial charge in [-0.2, -0.15) is 4.98 Å². The van der Waals surface area contributed by atoms with E-state index in [1.54, 1.807) is 6.07 Å². The summed E-state index contributed by atoms with van der Waals surface area (Å²) >= 11 is 0. The Labute approximate surface area is 121 Å². The number of benzene rings is 1. The Morgan fingerprint density at radius 1 is 1.33 bits per heavy atom. The maximum atomic E-state index is 10.6. The second-order valence-corrected chi connectivity index (χ2v) is 4.26. The standard InChI is InChI=1S/C13H15N5O3/c1-2-3-11-15-12(17-14)8-13(16-11)21-10-6-4-9(5-7-10)18(19)20/h4-8H,2-3,14H2,1H3,(H,15,16,17). The summed E-state index contributed by atoms with van der Waals surface area (Å²) in [5.74, 6) is 7.20. The number of hydrazine groups is 1. The van der Waals surface area contributed by atoms with E-state index in [9.17, 15) is 10.1 Å². The van der Waals surface area contributed by atoms with Gasteiger partial charge in [-0.3, -0.25) is 10.1 Å². The van der Waals surface area contributed by atoms with Crippen LogP contribution in [0.3, 0.4) is 0 Å². The molecule has 3 N–H and O–H groups in total. The van der Waals surface area contributed by atoms with E-state index in [1.807, 2.05) is 6.92 Å². The number of anilines is 1. The molecule has 0 atom stereocenters. The maximum Gasteiger partial charge on any atom is 0.269 e. The molecular weight excluding hydrogens is 274 g/mol. The first kappa shape index (κ1) is 14.7. The molecule has 0 saturated heterocycles. The van der Waals surface area contributed by atoms with E-state index in [2.05, 4.69) is 15.4 Å². The lowest BCUT2D eigenvalue weighted by Gasteiger charge is -2.08. The molecule has 21 heavy (non-hydrogen) atoms. The van der Waals surface area contributed by atoms with Gasteiger partial charge < -0.3 is 10.2 Å². The number of aromatic nitrogens is 2. The summed E-state index contributed by atoms with van der Waals surface area (Å²) in [6, 6.07) is 7.31. The lowest BCUT2D eigenvalue weighted by molar-refractivity contribution is -0.384. The predicted octanol–water partition coefficient (Wildman–Crippen LogP) is 2.42. The second kappa shape index (κ2) is 6.62. The Bertz CT molecular complexity index is 630. The molecule has 2 aromatic rings. The number of nitrogens with two attached hydrogens (primary N) is 1. The highest BCUT2D eigenvalue weighted by atomic mass is 16.6. The number of nitrogen functional groups attached to an aromatic ring is 1. The number of nitro benzene ring substituents is 1. The predicted molar refractivity (Wildman–Crippen MR) is 77.0 cm³/mol. The Morgan fingerprint density at radius 3 is 2.62 bits per heavy atom. The van der Waals surface area contributed by atoms with Gasteiger partial charge in [-0.05, 0) is 18.6 Å². The monoisotopic (exact) mass is 289 g/mol. The summed E-state index contributed by atoms with van der Waals surface area (Å²) in [7, 11) is 0. The van der Waals surface area contributed by atoms with Gasteiger partial charge in [0.25, 0.3) is 5.69 Å². The minimum Gasteiger partial charge on any atom is -0.439 e. The van der Waals surface area contributed by atoms with Crippen LogP contribution in [0.2, 0.25) is 0 Å². The van der Waals surface area contributed by atoms with Gasteiger partial charge in [0.05, 0.1) is 4.92 Å². The summed E-state index contributed by atoms with van der Waals surface area (Å²) in [4.78, 5) is 18.6. The van der Waals surface area contributed by atoms with Crippen LogP contribution in [-0.4, -0.2) is 14.9 Å². The molecule has 8 nitrogen and oxygen atoms in total. The summed E-state index contributed by atoms with van der Waals surface area (Å²) in [5.41, 5.74) is 2.46. The van der Waals surface area contributed by atoms with Crippen molar-refractivity contribution in [3.05, 3.63) is 46.3 Å². The summed E-state index contributed by atoms with van der Waals surface area (Å²) in [5, 5.41) is 10.6. The minimum atomic E-state index is -0.468. The smallest absolute Gasteiger partial charge is 0.269 e. The fourth-order valence-corrected chi connectivity index (χ4v) is 1.69. The first-order valence-corrected chi connectivity index (χ1v) is 6.39. The maximum absolute atomic E-state index is 10.6. The Hall–Kier alpha value is -2.74. The van der Waals surface area contributed by atoms with Crippen molar-refractivity contribution in [3.8, 4) is 11.6 Å². The van der Waals surface area contributed by atoms with Crippen LogP contribution in [0.25, 0.3) is 0 Å². The number of hydrogen-bond donors (Lipinski definition) is 2. The molecule has 1 heterocycles. The van der Waals surface area contributed by atoms with E-state index in [-0.39, 0.29) is 5.69 Å². The lowest BCUT2D eigenvalue weighted by atomic mass is 10.3. The van der Waals surface area contributed by atoms with Crippen LogP contribution in [0.5, 0.6) is 11.6 Å². The van der Waals surface area contributed by atoms with Gasteiger partial charge in [-0.1, -0.05) is 6.92 Å². The lowest BCUT2D eigenvalue weighted by Crippen LogP contribution is -2.10. The highest BCUT2D eigenvalue weighted by Crippen LogP contribution is 2.24. The van der Waals surface area contributed by atoms with Crippen molar-refractivity contribution in [2.75, 3.05) is 5.43 Å². The molecule has 0 saturated carbocycles. The summed E-state index contributed by atoms with van der Waals surface area (Å²) in [6.45, 7) is 2.02. The van der Waals surface area contributed by atoms with E-state index < -0.39 is 4.92 Å².